The molecule has 7 nitrogen and oxygen atoms in total. The van der Waals surface area contributed by atoms with E-state index in [1.54, 1.807) is 29.4 Å². The number of aromatic nitrogens is 1. The van der Waals surface area contributed by atoms with Gasteiger partial charge in [0.25, 0.3) is 11.7 Å². The molecule has 31 heavy (non-hydrogen) atoms. The maximum absolute atomic E-state index is 13.0. The number of aliphatic hydroxyl groups excluding tert-OH is 1. The molecule has 0 aliphatic carbocycles. The molecule has 0 saturated carbocycles. The Bertz CT molecular complexity index is 966. The number of rotatable bonds is 6. The van der Waals surface area contributed by atoms with E-state index in [0.717, 1.165) is 25.1 Å². The number of carbonyl (C=O) groups is 2. The molecule has 1 unspecified atom stereocenters. The fraction of sp³-hybridized carbons (Fsp3) is 0.375. The smallest absolute Gasteiger partial charge is 0.295 e. The molecule has 1 aromatic heterocycles. The number of morpholine rings is 1. The quantitative estimate of drug-likeness (QED) is 0.438. The molecule has 7 heteroatoms. The molecule has 0 bridgehead atoms. The monoisotopic (exact) mass is 421 g/mol. The minimum Gasteiger partial charge on any atom is -0.507 e. The van der Waals surface area contributed by atoms with Gasteiger partial charge in [-0.2, -0.15) is 0 Å². The third-order valence-corrected chi connectivity index (χ3v) is 5.96. The van der Waals surface area contributed by atoms with E-state index in [4.69, 9.17) is 4.74 Å². The Balaban J connectivity index is 1.72. The summed E-state index contributed by atoms with van der Waals surface area (Å²) >= 11 is 0. The van der Waals surface area contributed by atoms with Crippen molar-refractivity contribution in [1.29, 1.82) is 0 Å². The normalized spacial score (nSPS) is 21.6. The lowest BCUT2D eigenvalue weighted by Gasteiger charge is -2.31. The topological polar surface area (TPSA) is 83.0 Å². The van der Waals surface area contributed by atoms with Gasteiger partial charge in [0.1, 0.15) is 5.76 Å². The second-order valence-corrected chi connectivity index (χ2v) is 7.78. The molecule has 1 amide bonds. The number of aryl methyl sites for hydroxylation is 1. The average molecular weight is 421 g/mol. The fourth-order valence-corrected chi connectivity index (χ4v) is 4.13. The van der Waals surface area contributed by atoms with Crippen molar-refractivity contribution < 1.29 is 19.4 Å². The van der Waals surface area contributed by atoms with Crippen LogP contribution in [0.4, 0.5) is 0 Å². The molecule has 1 N–H and O–H groups in total. The molecule has 2 aliphatic heterocycles. The highest BCUT2D eigenvalue weighted by molar-refractivity contribution is 6.46. The summed E-state index contributed by atoms with van der Waals surface area (Å²) in [6.45, 7) is 6.07. The number of likely N-dealkylation sites (tertiary alicyclic amines) is 1. The van der Waals surface area contributed by atoms with Crippen LogP contribution >= 0.6 is 0 Å². The molecule has 3 heterocycles. The number of ether oxygens (including phenoxy) is 1. The molecule has 2 saturated heterocycles. The van der Waals surface area contributed by atoms with E-state index in [1.165, 1.54) is 5.56 Å². The summed E-state index contributed by atoms with van der Waals surface area (Å²) in [4.78, 5) is 33.8. The SMILES string of the molecule is CCc1ccc(C2/C(=C(\O)c3ccncc3)C(=O)C(=O)N2CCN2CCOCC2)cc1. The van der Waals surface area contributed by atoms with E-state index in [0.29, 0.717) is 31.9 Å². The van der Waals surface area contributed by atoms with Crippen molar-refractivity contribution in [3.63, 3.8) is 0 Å². The molecule has 2 aliphatic rings. The Hall–Kier alpha value is -3.03. The Labute approximate surface area is 182 Å². The number of benzene rings is 1. The van der Waals surface area contributed by atoms with Gasteiger partial charge >= 0.3 is 0 Å². The molecule has 0 spiro atoms. The molecular formula is C24H27N3O4. The van der Waals surface area contributed by atoms with Gasteiger partial charge in [0.15, 0.2) is 0 Å². The van der Waals surface area contributed by atoms with Crippen molar-refractivity contribution >= 4 is 17.4 Å². The Morgan fingerprint density at radius 2 is 1.74 bits per heavy atom. The number of hydrogen-bond acceptors (Lipinski definition) is 6. The highest BCUT2D eigenvalue weighted by atomic mass is 16.5. The number of aliphatic hydroxyl groups is 1. The Kier molecular flexibility index (Phi) is 6.44. The number of Topliss-reactive ketones (excluding diaryl/α,β-unsaturated/α-hetero) is 1. The van der Waals surface area contributed by atoms with Crippen LogP contribution in [0.5, 0.6) is 0 Å². The van der Waals surface area contributed by atoms with Gasteiger partial charge in [-0.15, -0.1) is 0 Å². The molecule has 2 fully saturated rings. The van der Waals surface area contributed by atoms with Crippen LogP contribution in [-0.2, 0) is 20.7 Å². The summed E-state index contributed by atoms with van der Waals surface area (Å²) in [5.74, 6) is -1.39. The van der Waals surface area contributed by atoms with Crippen molar-refractivity contribution in [2.24, 2.45) is 0 Å². The first-order chi connectivity index (χ1) is 15.1. The zero-order valence-electron chi connectivity index (χ0n) is 17.7. The second-order valence-electron chi connectivity index (χ2n) is 7.78. The Morgan fingerprint density at radius 1 is 1.06 bits per heavy atom. The lowest BCUT2D eigenvalue weighted by Crippen LogP contribution is -2.42. The maximum atomic E-state index is 13.0. The van der Waals surface area contributed by atoms with Gasteiger partial charge in [0.2, 0.25) is 0 Å². The standard InChI is InChI=1S/C24H27N3O4/c1-2-17-3-5-18(6-4-17)21-20(22(28)19-7-9-25-10-8-19)23(29)24(30)27(21)12-11-26-13-15-31-16-14-26/h3-10,21,28H,2,11-16H2,1H3/b22-20+. The summed E-state index contributed by atoms with van der Waals surface area (Å²) in [5, 5.41) is 11.0. The van der Waals surface area contributed by atoms with Crippen molar-refractivity contribution in [3.8, 4) is 0 Å². The number of carbonyl (C=O) groups excluding carboxylic acids is 2. The zero-order valence-corrected chi connectivity index (χ0v) is 17.7. The molecule has 4 rings (SSSR count). The summed E-state index contributed by atoms with van der Waals surface area (Å²) in [6.07, 6.45) is 4.00. The average Bonchev–Trinajstić information content (AvgIpc) is 3.08. The van der Waals surface area contributed by atoms with Crippen molar-refractivity contribution in [1.82, 2.24) is 14.8 Å². The first-order valence-corrected chi connectivity index (χ1v) is 10.7. The number of ketones is 1. The summed E-state index contributed by atoms with van der Waals surface area (Å²) in [7, 11) is 0. The van der Waals surface area contributed by atoms with Crippen LogP contribution in [0.1, 0.15) is 29.7 Å². The lowest BCUT2D eigenvalue weighted by molar-refractivity contribution is -0.140. The van der Waals surface area contributed by atoms with Crippen molar-refractivity contribution in [2.75, 3.05) is 39.4 Å². The van der Waals surface area contributed by atoms with Crippen molar-refractivity contribution in [3.05, 3.63) is 71.1 Å². The lowest BCUT2D eigenvalue weighted by atomic mass is 9.94. The molecule has 0 radical (unpaired) electrons. The highest BCUT2D eigenvalue weighted by Gasteiger charge is 2.46. The first kappa shape index (κ1) is 21.2. The van der Waals surface area contributed by atoms with Gasteiger partial charge in [0, 0.05) is 44.1 Å². The van der Waals surface area contributed by atoms with E-state index < -0.39 is 17.7 Å². The third-order valence-electron chi connectivity index (χ3n) is 5.96. The van der Waals surface area contributed by atoms with Crippen LogP contribution in [0.3, 0.4) is 0 Å². The first-order valence-electron chi connectivity index (χ1n) is 10.7. The van der Waals surface area contributed by atoms with Gasteiger partial charge in [-0.1, -0.05) is 31.2 Å². The summed E-state index contributed by atoms with van der Waals surface area (Å²) in [5.41, 5.74) is 2.58. The van der Waals surface area contributed by atoms with E-state index in [9.17, 15) is 14.7 Å². The molecule has 2 aromatic rings. The largest absolute Gasteiger partial charge is 0.507 e. The Morgan fingerprint density at radius 3 is 2.39 bits per heavy atom. The minimum absolute atomic E-state index is 0.127. The van der Waals surface area contributed by atoms with Crippen LogP contribution in [0.15, 0.2) is 54.4 Å². The van der Waals surface area contributed by atoms with Crippen LogP contribution in [-0.4, -0.2) is 71.0 Å². The molecular weight excluding hydrogens is 394 g/mol. The number of pyridine rings is 1. The zero-order chi connectivity index (χ0) is 21.8. The van der Waals surface area contributed by atoms with Crippen molar-refractivity contribution in [2.45, 2.75) is 19.4 Å². The van der Waals surface area contributed by atoms with Gasteiger partial charge in [0.05, 0.1) is 24.8 Å². The maximum Gasteiger partial charge on any atom is 0.295 e. The van der Waals surface area contributed by atoms with Gasteiger partial charge in [-0.3, -0.25) is 19.5 Å². The molecule has 1 atom stereocenters. The fourth-order valence-electron chi connectivity index (χ4n) is 4.13. The molecule has 1 aromatic carbocycles. The predicted octanol–water partition coefficient (Wildman–Crippen LogP) is 2.40. The number of nitrogens with zero attached hydrogens (tertiary/aromatic N) is 3. The van der Waals surface area contributed by atoms with Gasteiger partial charge < -0.3 is 14.7 Å². The third kappa shape index (κ3) is 4.38. The van der Waals surface area contributed by atoms with E-state index in [1.807, 2.05) is 24.3 Å². The van der Waals surface area contributed by atoms with E-state index in [-0.39, 0.29) is 11.3 Å². The second kappa shape index (κ2) is 9.41. The summed E-state index contributed by atoms with van der Waals surface area (Å²) < 4.78 is 5.40. The van der Waals surface area contributed by atoms with Crippen LogP contribution in [0.25, 0.3) is 5.76 Å². The molecule has 162 valence electrons. The number of hydrogen-bond donors (Lipinski definition) is 1. The van der Waals surface area contributed by atoms with Crippen LogP contribution in [0, 0.1) is 0 Å². The van der Waals surface area contributed by atoms with E-state index in [2.05, 4.69) is 16.8 Å². The van der Waals surface area contributed by atoms with Gasteiger partial charge in [-0.05, 0) is 29.7 Å². The van der Waals surface area contributed by atoms with Gasteiger partial charge in [-0.25, -0.2) is 0 Å². The highest BCUT2D eigenvalue weighted by Crippen LogP contribution is 2.39. The number of amides is 1. The minimum atomic E-state index is -0.652. The predicted molar refractivity (Wildman–Crippen MR) is 116 cm³/mol. The van der Waals surface area contributed by atoms with E-state index >= 15 is 0 Å². The van der Waals surface area contributed by atoms with Crippen LogP contribution in [0.2, 0.25) is 0 Å². The van der Waals surface area contributed by atoms with Crippen LogP contribution < -0.4 is 0 Å². The summed E-state index contributed by atoms with van der Waals surface area (Å²) in [6, 6.07) is 10.5.